The second-order valence-corrected chi connectivity index (χ2v) is 8.91. The normalized spacial score (nSPS) is 21.4. The summed E-state index contributed by atoms with van der Waals surface area (Å²) in [6.45, 7) is 2.36. The molecule has 1 atom stereocenters. The van der Waals surface area contributed by atoms with Gasteiger partial charge < -0.3 is 5.32 Å². The van der Waals surface area contributed by atoms with Crippen LogP contribution in [0.15, 0.2) is 14.7 Å². The van der Waals surface area contributed by atoms with Crippen LogP contribution in [0.5, 0.6) is 0 Å². The van der Waals surface area contributed by atoms with Gasteiger partial charge in [0.1, 0.15) is 15.3 Å². The molecule has 0 saturated carbocycles. The van der Waals surface area contributed by atoms with Gasteiger partial charge in [0.05, 0.1) is 3.79 Å². The van der Waals surface area contributed by atoms with Crippen LogP contribution in [0.2, 0.25) is 4.34 Å². The molecule has 2 rings (SSSR count). The summed E-state index contributed by atoms with van der Waals surface area (Å²) in [5.41, 5.74) is 0. The SMILES string of the molecule is CCC1C(=O)NCCN1S(=O)(=O)c1cc(Br)sc1Cl. The van der Waals surface area contributed by atoms with E-state index in [4.69, 9.17) is 11.6 Å². The van der Waals surface area contributed by atoms with E-state index in [9.17, 15) is 13.2 Å². The predicted octanol–water partition coefficient (Wildman–Crippen LogP) is 2.06. The van der Waals surface area contributed by atoms with Crippen LogP contribution < -0.4 is 5.32 Å². The second kappa shape index (κ2) is 5.69. The molecule has 0 radical (unpaired) electrons. The quantitative estimate of drug-likeness (QED) is 0.863. The van der Waals surface area contributed by atoms with Crippen molar-refractivity contribution in [2.24, 2.45) is 0 Å². The predicted molar refractivity (Wildman–Crippen MR) is 78.0 cm³/mol. The molecule has 106 valence electrons. The number of rotatable bonds is 3. The minimum atomic E-state index is -3.75. The first-order valence-corrected chi connectivity index (χ1v) is 9.05. The summed E-state index contributed by atoms with van der Waals surface area (Å²) in [4.78, 5) is 11.8. The maximum atomic E-state index is 12.6. The van der Waals surface area contributed by atoms with Gasteiger partial charge in [-0.1, -0.05) is 18.5 Å². The van der Waals surface area contributed by atoms with Gasteiger partial charge in [-0.25, -0.2) is 8.42 Å². The fraction of sp³-hybridized carbons (Fsp3) is 0.500. The van der Waals surface area contributed by atoms with Crippen LogP contribution in [-0.4, -0.2) is 37.8 Å². The molecule has 1 aromatic heterocycles. The summed E-state index contributed by atoms with van der Waals surface area (Å²) in [5.74, 6) is -0.261. The van der Waals surface area contributed by atoms with Crippen molar-refractivity contribution in [1.29, 1.82) is 0 Å². The summed E-state index contributed by atoms with van der Waals surface area (Å²) in [7, 11) is -3.75. The van der Waals surface area contributed by atoms with Gasteiger partial charge in [-0.15, -0.1) is 11.3 Å². The number of nitrogens with one attached hydrogen (secondary N) is 1. The number of hydrogen-bond donors (Lipinski definition) is 1. The molecule has 1 N–H and O–H groups in total. The molecule has 1 aliphatic heterocycles. The standard InChI is InChI=1S/C10H12BrClN2O3S2/c1-2-6-10(15)13-3-4-14(6)19(16,17)7-5-8(11)18-9(7)12/h5-6H,2-4H2,1H3,(H,13,15). The van der Waals surface area contributed by atoms with E-state index in [2.05, 4.69) is 21.2 Å². The molecule has 1 aliphatic rings. The Kier molecular flexibility index (Phi) is 4.56. The molecule has 1 aromatic rings. The highest BCUT2D eigenvalue weighted by molar-refractivity contribution is 9.11. The summed E-state index contributed by atoms with van der Waals surface area (Å²) < 4.78 is 27.2. The Morgan fingerprint density at radius 3 is 2.84 bits per heavy atom. The van der Waals surface area contributed by atoms with Crippen LogP contribution in [0.3, 0.4) is 0 Å². The van der Waals surface area contributed by atoms with Crippen molar-refractivity contribution in [2.45, 2.75) is 24.3 Å². The lowest BCUT2D eigenvalue weighted by molar-refractivity contribution is -0.126. The summed E-state index contributed by atoms with van der Waals surface area (Å²) in [6.07, 6.45) is 0.425. The fourth-order valence-electron chi connectivity index (χ4n) is 2.00. The van der Waals surface area contributed by atoms with Crippen molar-refractivity contribution >= 4 is 54.8 Å². The number of nitrogens with zero attached hydrogens (tertiary/aromatic N) is 1. The molecule has 5 nitrogen and oxygen atoms in total. The van der Waals surface area contributed by atoms with Crippen molar-refractivity contribution in [1.82, 2.24) is 9.62 Å². The first kappa shape index (κ1) is 15.2. The van der Waals surface area contributed by atoms with Gasteiger partial charge >= 0.3 is 0 Å². The zero-order valence-electron chi connectivity index (χ0n) is 10.0. The highest BCUT2D eigenvalue weighted by Gasteiger charge is 2.38. The van der Waals surface area contributed by atoms with E-state index >= 15 is 0 Å². The zero-order valence-corrected chi connectivity index (χ0v) is 14.0. The second-order valence-electron chi connectivity index (χ2n) is 4.02. The molecule has 9 heteroatoms. The number of carbonyl (C=O) groups excluding carboxylic acids is 1. The Morgan fingerprint density at radius 1 is 1.63 bits per heavy atom. The van der Waals surface area contributed by atoms with Gasteiger partial charge in [0.2, 0.25) is 15.9 Å². The fourth-order valence-corrected chi connectivity index (χ4v) is 6.40. The van der Waals surface area contributed by atoms with Crippen molar-refractivity contribution in [2.75, 3.05) is 13.1 Å². The van der Waals surface area contributed by atoms with E-state index in [1.54, 1.807) is 6.92 Å². The van der Waals surface area contributed by atoms with E-state index in [0.717, 1.165) is 11.3 Å². The van der Waals surface area contributed by atoms with Gasteiger partial charge in [0.15, 0.2) is 0 Å². The van der Waals surface area contributed by atoms with Crippen molar-refractivity contribution in [3.05, 3.63) is 14.2 Å². The number of thiophene rings is 1. The highest BCUT2D eigenvalue weighted by atomic mass is 79.9. The molecule has 0 aromatic carbocycles. The van der Waals surface area contributed by atoms with Gasteiger partial charge in [0.25, 0.3) is 0 Å². The van der Waals surface area contributed by atoms with Crippen LogP contribution in [0.25, 0.3) is 0 Å². The molecule has 1 fully saturated rings. The van der Waals surface area contributed by atoms with Gasteiger partial charge in [0, 0.05) is 13.1 Å². The van der Waals surface area contributed by atoms with Crippen LogP contribution in [0.1, 0.15) is 13.3 Å². The largest absolute Gasteiger partial charge is 0.353 e. The Balaban J connectivity index is 2.43. The van der Waals surface area contributed by atoms with E-state index < -0.39 is 16.1 Å². The molecule has 0 spiro atoms. The van der Waals surface area contributed by atoms with Gasteiger partial charge in [-0.3, -0.25) is 4.79 Å². The lowest BCUT2D eigenvalue weighted by atomic mass is 10.2. The summed E-state index contributed by atoms with van der Waals surface area (Å²) >= 11 is 10.3. The smallest absolute Gasteiger partial charge is 0.246 e. The minimum absolute atomic E-state index is 0.0548. The number of amides is 1. The average Bonchev–Trinajstić information content (AvgIpc) is 2.68. The van der Waals surface area contributed by atoms with Crippen LogP contribution in [0, 0.1) is 0 Å². The topological polar surface area (TPSA) is 66.5 Å². The van der Waals surface area contributed by atoms with Crippen molar-refractivity contribution in [3.8, 4) is 0 Å². The van der Waals surface area contributed by atoms with Crippen molar-refractivity contribution in [3.63, 3.8) is 0 Å². The number of hydrogen-bond acceptors (Lipinski definition) is 4. The maximum Gasteiger partial charge on any atom is 0.246 e. The lowest BCUT2D eigenvalue weighted by Crippen LogP contribution is -2.56. The molecular weight excluding hydrogens is 376 g/mol. The van der Waals surface area contributed by atoms with Crippen LogP contribution >= 0.6 is 38.9 Å². The van der Waals surface area contributed by atoms with E-state index in [-0.39, 0.29) is 21.7 Å². The third-order valence-corrected chi connectivity index (χ3v) is 6.92. The van der Waals surface area contributed by atoms with Gasteiger partial charge in [-0.05, 0) is 28.4 Å². The molecule has 0 aliphatic carbocycles. The Morgan fingerprint density at radius 2 is 2.32 bits per heavy atom. The highest BCUT2D eigenvalue weighted by Crippen LogP contribution is 2.36. The minimum Gasteiger partial charge on any atom is -0.353 e. The van der Waals surface area contributed by atoms with E-state index in [0.29, 0.717) is 16.8 Å². The van der Waals surface area contributed by atoms with Crippen molar-refractivity contribution < 1.29 is 13.2 Å². The average molecular weight is 388 g/mol. The molecule has 2 heterocycles. The molecule has 0 bridgehead atoms. The third kappa shape index (κ3) is 2.82. The number of halogens is 2. The molecule has 1 unspecified atom stereocenters. The monoisotopic (exact) mass is 386 g/mol. The zero-order chi connectivity index (χ0) is 14.2. The Bertz CT molecular complexity index is 602. The first-order chi connectivity index (χ1) is 8.87. The lowest BCUT2D eigenvalue weighted by Gasteiger charge is -2.33. The number of sulfonamides is 1. The molecule has 1 saturated heterocycles. The van der Waals surface area contributed by atoms with Crippen LogP contribution in [0.4, 0.5) is 0 Å². The number of piperazine rings is 1. The van der Waals surface area contributed by atoms with E-state index in [1.807, 2.05) is 0 Å². The summed E-state index contributed by atoms with van der Waals surface area (Å²) in [6, 6.07) is 0.801. The molecule has 19 heavy (non-hydrogen) atoms. The summed E-state index contributed by atoms with van der Waals surface area (Å²) in [5, 5.41) is 2.67. The third-order valence-electron chi connectivity index (χ3n) is 2.88. The Hall–Kier alpha value is -0.150. The maximum absolute atomic E-state index is 12.6. The molecule has 1 amide bonds. The van der Waals surface area contributed by atoms with Crippen LogP contribution in [-0.2, 0) is 14.8 Å². The first-order valence-electron chi connectivity index (χ1n) is 5.62. The van der Waals surface area contributed by atoms with Gasteiger partial charge in [-0.2, -0.15) is 4.31 Å². The number of carbonyl (C=O) groups is 1. The molecular formula is C10H12BrClN2O3S2. The van der Waals surface area contributed by atoms with E-state index in [1.165, 1.54) is 10.4 Å². The Labute approximate surface area is 129 Å².